The van der Waals surface area contributed by atoms with Crippen LogP contribution in [-0.4, -0.2) is 3.42 Å². The van der Waals surface area contributed by atoms with Crippen LogP contribution in [0.1, 0.15) is 20.8 Å². The highest BCUT2D eigenvalue weighted by atomic mass is 79.9. The van der Waals surface area contributed by atoms with Crippen molar-refractivity contribution < 1.29 is 3.83 Å². The minimum Gasteiger partial charge on any atom is -0.277 e. The predicted octanol–water partition coefficient (Wildman–Crippen LogP) is 3.80. The molecule has 0 heterocycles. The summed E-state index contributed by atoms with van der Waals surface area (Å²) in [6.45, 7) is 6.16. The van der Waals surface area contributed by atoms with E-state index < -0.39 is 3.42 Å². The zero-order chi connectivity index (χ0) is 7.71. The van der Waals surface area contributed by atoms with Crippen LogP contribution in [0.4, 0.5) is 0 Å². The van der Waals surface area contributed by atoms with Gasteiger partial charge in [0.05, 0.1) is 0 Å². The summed E-state index contributed by atoms with van der Waals surface area (Å²) in [4.78, 5) is 0. The Labute approximate surface area is 81.2 Å². The molecule has 1 nitrogen and oxygen atoms in total. The fourth-order valence-electron chi connectivity index (χ4n) is 0.116. The molecule has 0 unspecified atom stereocenters. The van der Waals surface area contributed by atoms with Crippen molar-refractivity contribution in [1.82, 2.24) is 0 Å². The van der Waals surface area contributed by atoms with Crippen molar-refractivity contribution in [2.45, 2.75) is 24.2 Å². The third kappa shape index (κ3) is 2.87. The molecule has 0 saturated carbocycles. The van der Waals surface area contributed by atoms with Crippen molar-refractivity contribution in [2.75, 3.05) is 0 Å². The van der Waals surface area contributed by atoms with E-state index in [2.05, 4.69) is 68.9 Å². The highest BCUT2D eigenvalue weighted by Crippen LogP contribution is 2.45. The Kier molecular flexibility index (Phi) is 3.70. The summed E-state index contributed by atoms with van der Waals surface area (Å²) in [7, 11) is 0. The molecule has 0 aromatic heterocycles. The van der Waals surface area contributed by atoms with Gasteiger partial charge < -0.3 is 0 Å². The molecule has 0 radical (unpaired) electrons. The standard InChI is InChI=1S/C5H9Br3O/c1-4(2,3)5(6,7)9-8/h1-3H3. The Bertz CT molecular complexity index is 94.9. The summed E-state index contributed by atoms with van der Waals surface area (Å²) in [5, 5.41) is 0. The molecule has 0 saturated heterocycles. The first-order valence-corrected chi connectivity index (χ1v) is 4.72. The van der Waals surface area contributed by atoms with Crippen molar-refractivity contribution in [2.24, 2.45) is 5.41 Å². The van der Waals surface area contributed by atoms with Gasteiger partial charge in [0.25, 0.3) is 0 Å². The van der Waals surface area contributed by atoms with Gasteiger partial charge in [0.1, 0.15) is 16.3 Å². The normalized spacial score (nSPS) is 14.0. The van der Waals surface area contributed by atoms with Gasteiger partial charge in [-0.15, -0.1) is 0 Å². The largest absolute Gasteiger partial charge is 0.277 e. The van der Waals surface area contributed by atoms with Gasteiger partial charge in [0.15, 0.2) is 3.42 Å². The summed E-state index contributed by atoms with van der Waals surface area (Å²) in [6.07, 6.45) is 0. The van der Waals surface area contributed by atoms with Crippen LogP contribution in [0, 0.1) is 5.41 Å². The third-order valence-corrected chi connectivity index (χ3v) is 5.03. The van der Waals surface area contributed by atoms with Gasteiger partial charge in [-0.2, -0.15) is 0 Å². The van der Waals surface area contributed by atoms with Crippen molar-refractivity contribution in [3.8, 4) is 0 Å². The zero-order valence-corrected chi connectivity index (χ0v) is 10.3. The van der Waals surface area contributed by atoms with Crippen LogP contribution in [0.5, 0.6) is 0 Å². The smallest absolute Gasteiger partial charge is 0.195 e. The lowest BCUT2D eigenvalue weighted by molar-refractivity contribution is 0.185. The quantitative estimate of drug-likeness (QED) is 0.667. The second kappa shape index (κ2) is 3.20. The number of alkyl halides is 2. The topological polar surface area (TPSA) is 9.23 Å². The van der Waals surface area contributed by atoms with Gasteiger partial charge in [-0.05, 0) is 31.9 Å². The number of rotatable bonds is 1. The fraction of sp³-hybridized carbons (Fsp3) is 1.00. The van der Waals surface area contributed by atoms with Crippen molar-refractivity contribution in [3.05, 3.63) is 0 Å². The molecule has 56 valence electrons. The average molecular weight is 325 g/mol. The fourth-order valence-corrected chi connectivity index (χ4v) is 0.601. The Balaban J connectivity index is 4.14. The van der Waals surface area contributed by atoms with Crippen LogP contribution in [-0.2, 0) is 3.83 Å². The molecular weight excluding hydrogens is 316 g/mol. The minimum atomic E-state index is -0.479. The second-order valence-corrected chi connectivity index (χ2v) is 6.47. The van der Waals surface area contributed by atoms with Gasteiger partial charge in [0, 0.05) is 5.41 Å². The van der Waals surface area contributed by atoms with E-state index in [9.17, 15) is 0 Å². The van der Waals surface area contributed by atoms with Gasteiger partial charge in [-0.3, -0.25) is 3.83 Å². The first-order chi connectivity index (χ1) is 3.81. The van der Waals surface area contributed by atoms with E-state index in [0.29, 0.717) is 0 Å². The van der Waals surface area contributed by atoms with Crippen LogP contribution in [0.15, 0.2) is 0 Å². The van der Waals surface area contributed by atoms with Crippen molar-refractivity contribution >= 4 is 48.1 Å². The van der Waals surface area contributed by atoms with Crippen LogP contribution >= 0.6 is 48.1 Å². The monoisotopic (exact) mass is 322 g/mol. The molecule has 0 aliphatic carbocycles. The predicted molar refractivity (Wildman–Crippen MR) is 50.1 cm³/mol. The molecular formula is C5H9Br3O. The van der Waals surface area contributed by atoms with Gasteiger partial charge in [0.2, 0.25) is 0 Å². The molecule has 0 atom stereocenters. The maximum Gasteiger partial charge on any atom is 0.195 e. The third-order valence-electron chi connectivity index (χ3n) is 0.970. The lowest BCUT2D eigenvalue weighted by atomic mass is 9.99. The Hall–Kier alpha value is 1.40. The van der Waals surface area contributed by atoms with E-state index in [-0.39, 0.29) is 5.41 Å². The number of hydrogen-bond acceptors (Lipinski definition) is 1. The molecule has 0 rings (SSSR count). The van der Waals surface area contributed by atoms with E-state index in [4.69, 9.17) is 3.83 Å². The van der Waals surface area contributed by atoms with Crippen LogP contribution in [0.25, 0.3) is 0 Å². The first kappa shape index (κ1) is 10.4. The highest BCUT2D eigenvalue weighted by Gasteiger charge is 2.37. The summed E-state index contributed by atoms with van der Waals surface area (Å²) in [6, 6.07) is 0. The average Bonchev–Trinajstić information content (AvgIpc) is 1.64. The molecule has 0 aliphatic heterocycles. The summed E-state index contributed by atoms with van der Waals surface area (Å²) in [5.74, 6) is 0. The molecule has 0 aliphatic rings. The summed E-state index contributed by atoms with van der Waals surface area (Å²) in [5.41, 5.74) is 0.0104. The zero-order valence-electron chi connectivity index (χ0n) is 5.54. The van der Waals surface area contributed by atoms with Crippen LogP contribution in [0.3, 0.4) is 0 Å². The van der Waals surface area contributed by atoms with Crippen molar-refractivity contribution in [1.29, 1.82) is 0 Å². The molecule has 9 heavy (non-hydrogen) atoms. The van der Waals surface area contributed by atoms with Crippen LogP contribution in [0.2, 0.25) is 0 Å². The maximum absolute atomic E-state index is 4.95. The Morgan fingerprint density at radius 1 is 1.11 bits per heavy atom. The van der Waals surface area contributed by atoms with E-state index in [0.717, 1.165) is 0 Å². The second-order valence-electron chi connectivity index (χ2n) is 2.84. The van der Waals surface area contributed by atoms with Gasteiger partial charge >= 0.3 is 0 Å². The SMILES string of the molecule is CC(C)(C)C(Br)(Br)OBr. The Morgan fingerprint density at radius 3 is 1.44 bits per heavy atom. The molecule has 4 heteroatoms. The lowest BCUT2D eigenvalue weighted by Crippen LogP contribution is -2.30. The lowest BCUT2D eigenvalue weighted by Gasteiger charge is -2.31. The van der Waals surface area contributed by atoms with E-state index >= 15 is 0 Å². The minimum absolute atomic E-state index is 0.0104. The molecule has 0 fully saturated rings. The molecule has 0 aromatic carbocycles. The summed E-state index contributed by atoms with van der Waals surface area (Å²) < 4.78 is 4.47. The number of halogens is 3. The molecule has 0 bridgehead atoms. The molecule has 0 amide bonds. The highest BCUT2D eigenvalue weighted by molar-refractivity contribution is 9.25. The van der Waals surface area contributed by atoms with Gasteiger partial charge in [-0.25, -0.2) is 0 Å². The first-order valence-electron chi connectivity index (χ1n) is 2.49. The Morgan fingerprint density at radius 2 is 1.44 bits per heavy atom. The van der Waals surface area contributed by atoms with E-state index in [1.54, 1.807) is 0 Å². The van der Waals surface area contributed by atoms with E-state index in [1.165, 1.54) is 0 Å². The summed E-state index contributed by atoms with van der Waals surface area (Å²) >= 11 is 9.61. The van der Waals surface area contributed by atoms with E-state index in [1.807, 2.05) is 0 Å². The maximum atomic E-state index is 4.95. The molecule has 0 spiro atoms. The van der Waals surface area contributed by atoms with Gasteiger partial charge in [-0.1, -0.05) is 20.8 Å². The van der Waals surface area contributed by atoms with Crippen molar-refractivity contribution in [3.63, 3.8) is 0 Å². The molecule has 0 aromatic rings. The molecule has 0 N–H and O–H groups in total. The van der Waals surface area contributed by atoms with Crippen LogP contribution < -0.4 is 0 Å². The number of hydrogen-bond donors (Lipinski definition) is 0.